The van der Waals surface area contributed by atoms with Crippen LogP contribution in [0.1, 0.15) is 52.0 Å². The molecule has 0 heterocycles. The van der Waals surface area contributed by atoms with Crippen LogP contribution < -0.4 is 5.32 Å². The topological polar surface area (TPSA) is 49.4 Å². The first-order valence-corrected chi connectivity index (χ1v) is 8.69. The first kappa shape index (κ1) is 19.5. The summed E-state index contributed by atoms with van der Waals surface area (Å²) in [5.74, 6) is -0.115. The number of nitrogens with one attached hydrogen (secondary N) is 1. The molecule has 0 aliphatic heterocycles. The molecule has 1 aromatic rings. The van der Waals surface area contributed by atoms with Crippen molar-refractivity contribution in [3.63, 3.8) is 0 Å². The zero-order valence-electron chi connectivity index (χ0n) is 14.3. The Morgan fingerprint density at radius 1 is 1.26 bits per heavy atom. The number of carbonyl (C=O) groups is 2. The largest absolute Gasteiger partial charge is 0.354 e. The first-order chi connectivity index (χ1) is 11.0. The maximum atomic E-state index is 12.4. The van der Waals surface area contributed by atoms with Gasteiger partial charge in [0.25, 0.3) is 0 Å². The summed E-state index contributed by atoms with van der Waals surface area (Å²) in [7, 11) is 0. The van der Waals surface area contributed by atoms with Crippen molar-refractivity contribution in [3.8, 4) is 0 Å². The van der Waals surface area contributed by atoms with Gasteiger partial charge in [-0.1, -0.05) is 44.0 Å². The third kappa shape index (κ3) is 6.61. The second-order valence-corrected chi connectivity index (χ2v) is 6.16. The highest BCUT2D eigenvalue weighted by molar-refractivity contribution is 6.30. The number of carbonyl (C=O) groups excluding carboxylic acids is 2. The molecule has 0 radical (unpaired) electrons. The summed E-state index contributed by atoms with van der Waals surface area (Å²) in [4.78, 5) is 26.4. The lowest BCUT2D eigenvalue weighted by atomic mass is 10.1. The van der Waals surface area contributed by atoms with Crippen LogP contribution in [-0.4, -0.2) is 29.3 Å². The van der Waals surface area contributed by atoms with E-state index in [0.717, 1.165) is 24.8 Å². The summed E-state index contributed by atoms with van der Waals surface area (Å²) in [6.45, 7) is 6.85. The smallest absolute Gasteiger partial charge is 0.242 e. The molecule has 0 aliphatic carbocycles. The molecule has 0 aromatic heterocycles. The molecule has 1 unspecified atom stereocenters. The van der Waals surface area contributed by atoms with Crippen molar-refractivity contribution in [2.24, 2.45) is 0 Å². The minimum Gasteiger partial charge on any atom is -0.354 e. The molecule has 0 spiro atoms. The van der Waals surface area contributed by atoms with Crippen molar-refractivity contribution in [2.45, 2.75) is 59.0 Å². The van der Waals surface area contributed by atoms with E-state index in [9.17, 15) is 9.59 Å². The van der Waals surface area contributed by atoms with Gasteiger partial charge in [0, 0.05) is 24.5 Å². The molecule has 0 bridgehead atoms. The Hall–Kier alpha value is -1.55. The first-order valence-electron chi connectivity index (χ1n) is 8.31. The van der Waals surface area contributed by atoms with Gasteiger partial charge < -0.3 is 10.2 Å². The molecule has 5 heteroatoms. The molecule has 0 fully saturated rings. The molecule has 1 atom stereocenters. The molecule has 128 valence electrons. The second-order valence-electron chi connectivity index (χ2n) is 5.72. The molecule has 23 heavy (non-hydrogen) atoms. The van der Waals surface area contributed by atoms with E-state index in [1.54, 1.807) is 17.9 Å². The standard InChI is InChI=1S/C18H27ClN2O2/c1-4-6-11-20-18(23)14(3)21(17(22)8-5-2)13-15-9-7-10-16(19)12-15/h7,9-10,12,14H,4-6,8,11,13H2,1-3H3,(H,20,23). The average molecular weight is 339 g/mol. The molecule has 1 aromatic carbocycles. The number of nitrogens with zero attached hydrogens (tertiary/aromatic N) is 1. The van der Waals surface area contributed by atoms with Crippen molar-refractivity contribution >= 4 is 23.4 Å². The highest BCUT2D eigenvalue weighted by Gasteiger charge is 2.25. The van der Waals surface area contributed by atoms with Crippen molar-refractivity contribution in [3.05, 3.63) is 34.9 Å². The number of amides is 2. The lowest BCUT2D eigenvalue weighted by molar-refractivity contribution is -0.140. The molecule has 0 saturated carbocycles. The Kier molecular flexibility index (Phi) is 8.70. The van der Waals surface area contributed by atoms with E-state index >= 15 is 0 Å². The van der Waals surface area contributed by atoms with E-state index in [1.165, 1.54) is 0 Å². The predicted octanol–water partition coefficient (Wildman–Crippen LogP) is 3.77. The van der Waals surface area contributed by atoms with Gasteiger partial charge in [-0.15, -0.1) is 0 Å². The minimum absolute atomic E-state index is 0.00869. The number of hydrogen-bond donors (Lipinski definition) is 1. The van der Waals surface area contributed by atoms with E-state index in [1.807, 2.05) is 25.1 Å². The third-order valence-corrected chi connectivity index (χ3v) is 3.94. The maximum absolute atomic E-state index is 12.4. The van der Waals surface area contributed by atoms with Crippen LogP contribution in [0.2, 0.25) is 5.02 Å². The van der Waals surface area contributed by atoms with Crippen LogP contribution in [0, 0.1) is 0 Å². The van der Waals surface area contributed by atoms with Gasteiger partial charge in [0.15, 0.2) is 0 Å². The summed E-state index contributed by atoms with van der Waals surface area (Å²) >= 11 is 6.01. The monoisotopic (exact) mass is 338 g/mol. The number of unbranched alkanes of at least 4 members (excludes halogenated alkanes) is 1. The maximum Gasteiger partial charge on any atom is 0.242 e. The van der Waals surface area contributed by atoms with E-state index in [4.69, 9.17) is 11.6 Å². The van der Waals surface area contributed by atoms with Crippen LogP contribution in [0.4, 0.5) is 0 Å². The molecular formula is C18H27ClN2O2. The third-order valence-electron chi connectivity index (χ3n) is 3.70. The zero-order valence-corrected chi connectivity index (χ0v) is 15.0. The fraction of sp³-hybridized carbons (Fsp3) is 0.556. The molecule has 2 amide bonds. The van der Waals surface area contributed by atoms with E-state index in [2.05, 4.69) is 12.2 Å². The van der Waals surface area contributed by atoms with Crippen molar-refractivity contribution in [1.82, 2.24) is 10.2 Å². The Labute approximate surface area is 144 Å². The lowest BCUT2D eigenvalue weighted by Gasteiger charge is -2.29. The van der Waals surface area contributed by atoms with Crippen LogP contribution in [0.15, 0.2) is 24.3 Å². The van der Waals surface area contributed by atoms with Gasteiger partial charge in [0.1, 0.15) is 6.04 Å². The van der Waals surface area contributed by atoms with Crippen molar-refractivity contribution < 1.29 is 9.59 Å². The second kappa shape index (κ2) is 10.3. The highest BCUT2D eigenvalue weighted by atomic mass is 35.5. The Morgan fingerprint density at radius 2 is 2.00 bits per heavy atom. The van der Waals surface area contributed by atoms with E-state index in [0.29, 0.717) is 24.5 Å². The average Bonchev–Trinajstić information content (AvgIpc) is 2.52. The molecule has 1 N–H and O–H groups in total. The van der Waals surface area contributed by atoms with Gasteiger partial charge in [-0.05, 0) is 37.5 Å². The van der Waals surface area contributed by atoms with Gasteiger partial charge in [0.2, 0.25) is 11.8 Å². The summed E-state index contributed by atoms with van der Waals surface area (Å²) in [5.41, 5.74) is 0.926. The van der Waals surface area contributed by atoms with Crippen LogP contribution in [-0.2, 0) is 16.1 Å². The molecule has 0 saturated heterocycles. The molecule has 4 nitrogen and oxygen atoms in total. The quantitative estimate of drug-likeness (QED) is 0.697. The van der Waals surface area contributed by atoms with Gasteiger partial charge in [-0.25, -0.2) is 0 Å². The highest BCUT2D eigenvalue weighted by Crippen LogP contribution is 2.15. The molecular weight excluding hydrogens is 312 g/mol. The molecule has 0 aliphatic rings. The van der Waals surface area contributed by atoms with Crippen LogP contribution >= 0.6 is 11.6 Å². The van der Waals surface area contributed by atoms with Gasteiger partial charge in [0.05, 0.1) is 0 Å². The fourth-order valence-electron chi connectivity index (χ4n) is 2.31. The SMILES string of the molecule is CCCCNC(=O)C(C)N(Cc1cccc(Cl)c1)C(=O)CCC. The van der Waals surface area contributed by atoms with E-state index in [-0.39, 0.29) is 11.8 Å². The van der Waals surface area contributed by atoms with Crippen LogP contribution in [0.5, 0.6) is 0 Å². The molecule has 1 rings (SSSR count). The van der Waals surface area contributed by atoms with Gasteiger partial charge in [-0.2, -0.15) is 0 Å². The Bertz CT molecular complexity index is 519. The van der Waals surface area contributed by atoms with Crippen molar-refractivity contribution in [2.75, 3.05) is 6.54 Å². The predicted molar refractivity (Wildman–Crippen MR) is 94.3 cm³/mol. The lowest BCUT2D eigenvalue weighted by Crippen LogP contribution is -2.47. The van der Waals surface area contributed by atoms with Crippen LogP contribution in [0.25, 0.3) is 0 Å². The van der Waals surface area contributed by atoms with Gasteiger partial charge in [-0.3, -0.25) is 9.59 Å². The summed E-state index contributed by atoms with van der Waals surface area (Å²) in [6, 6.07) is 6.90. The number of halogens is 1. The fourth-order valence-corrected chi connectivity index (χ4v) is 2.52. The number of rotatable bonds is 9. The normalized spacial score (nSPS) is 11.8. The van der Waals surface area contributed by atoms with Gasteiger partial charge >= 0.3 is 0 Å². The summed E-state index contributed by atoms with van der Waals surface area (Å²) < 4.78 is 0. The van der Waals surface area contributed by atoms with Crippen LogP contribution in [0.3, 0.4) is 0 Å². The Morgan fingerprint density at radius 3 is 2.61 bits per heavy atom. The summed E-state index contributed by atoms with van der Waals surface area (Å²) in [6.07, 6.45) is 3.16. The van der Waals surface area contributed by atoms with E-state index < -0.39 is 6.04 Å². The Balaban J connectivity index is 2.82. The minimum atomic E-state index is -0.495. The zero-order chi connectivity index (χ0) is 17.2. The summed E-state index contributed by atoms with van der Waals surface area (Å²) in [5, 5.41) is 3.53. The number of benzene rings is 1. The number of hydrogen-bond acceptors (Lipinski definition) is 2. The van der Waals surface area contributed by atoms with Crippen molar-refractivity contribution in [1.29, 1.82) is 0 Å².